The number of hydrogen-bond donors (Lipinski definition) is 2. The van der Waals surface area contributed by atoms with Crippen LogP contribution in [0.3, 0.4) is 0 Å². The molecule has 0 bridgehead atoms. The molecule has 6 nitrogen and oxygen atoms in total. The second kappa shape index (κ2) is 6.99. The van der Waals surface area contributed by atoms with Gasteiger partial charge in [-0.1, -0.05) is 30.3 Å². The van der Waals surface area contributed by atoms with Crippen LogP contribution in [0.15, 0.2) is 52.7 Å². The summed E-state index contributed by atoms with van der Waals surface area (Å²) >= 11 is 1.37. The number of aromatic nitrogens is 1. The van der Waals surface area contributed by atoms with Crippen LogP contribution in [-0.2, 0) is 10.0 Å². The van der Waals surface area contributed by atoms with Crippen LogP contribution in [0, 0.1) is 13.8 Å². The Kier molecular flexibility index (Phi) is 4.90. The molecule has 134 valence electrons. The van der Waals surface area contributed by atoms with Crippen molar-refractivity contribution in [3.8, 4) is 10.6 Å². The highest BCUT2D eigenvalue weighted by Crippen LogP contribution is 2.26. The molecule has 0 radical (unpaired) electrons. The molecule has 26 heavy (non-hydrogen) atoms. The van der Waals surface area contributed by atoms with Gasteiger partial charge >= 0.3 is 0 Å². The summed E-state index contributed by atoms with van der Waals surface area (Å²) in [7, 11) is -3.86. The van der Waals surface area contributed by atoms with E-state index in [1.165, 1.54) is 23.5 Å². The zero-order chi connectivity index (χ0) is 18.9. The highest BCUT2D eigenvalue weighted by atomic mass is 32.2. The number of carbonyl (C=O) groups excluding carboxylic acids is 1. The number of amides is 1. The normalized spacial score (nSPS) is 11.3. The molecule has 3 aromatic rings. The van der Waals surface area contributed by atoms with Crippen LogP contribution in [0.4, 0.5) is 5.69 Å². The largest absolute Gasteiger partial charge is 0.320 e. The van der Waals surface area contributed by atoms with Gasteiger partial charge in [0.1, 0.15) is 10.7 Å². The summed E-state index contributed by atoms with van der Waals surface area (Å²) in [6.07, 6.45) is 0. The van der Waals surface area contributed by atoms with E-state index in [2.05, 4.69) is 10.3 Å². The number of sulfonamides is 1. The zero-order valence-electron chi connectivity index (χ0n) is 14.2. The summed E-state index contributed by atoms with van der Waals surface area (Å²) in [6.45, 7) is 3.56. The van der Waals surface area contributed by atoms with Crippen LogP contribution in [-0.4, -0.2) is 19.3 Å². The van der Waals surface area contributed by atoms with Crippen molar-refractivity contribution in [2.24, 2.45) is 5.14 Å². The summed E-state index contributed by atoms with van der Waals surface area (Å²) < 4.78 is 23.2. The number of nitrogens with two attached hydrogens (primary N) is 1. The van der Waals surface area contributed by atoms with E-state index in [9.17, 15) is 13.2 Å². The van der Waals surface area contributed by atoms with Crippen molar-refractivity contribution >= 4 is 33.0 Å². The lowest BCUT2D eigenvalue weighted by Gasteiger charge is -2.12. The molecule has 0 spiro atoms. The van der Waals surface area contributed by atoms with Crippen LogP contribution in [0.1, 0.15) is 21.6 Å². The fraction of sp³-hybridized carbons (Fsp3) is 0.111. The lowest BCUT2D eigenvalue weighted by Crippen LogP contribution is -2.16. The third-order valence-corrected chi connectivity index (χ3v) is 5.76. The molecule has 0 saturated heterocycles. The van der Waals surface area contributed by atoms with Gasteiger partial charge in [-0.05, 0) is 37.1 Å². The van der Waals surface area contributed by atoms with Gasteiger partial charge in [0.05, 0.1) is 4.90 Å². The maximum absolute atomic E-state index is 12.5. The lowest BCUT2D eigenvalue weighted by molar-refractivity contribution is 0.102. The minimum atomic E-state index is -3.86. The minimum absolute atomic E-state index is 0.0425. The Morgan fingerprint density at radius 3 is 2.50 bits per heavy atom. The summed E-state index contributed by atoms with van der Waals surface area (Å²) in [5.74, 6) is -0.405. The molecule has 0 aliphatic carbocycles. The first-order chi connectivity index (χ1) is 12.3. The van der Waals surface area contributed by atoms with Gasteiger partial charge in [0.25, 0.3) is 5.91 Å². The van der Waals surface area contributed by atoms with Crippen LogP contribution < -0.4 is 10.5 Å². The second-order valence-corrected chi connectivity index (χ2v) is 8.24. The molecule has 1 aromatic heterocycles. The molecule has 1 amide bonds. The minimum Gasteiger partial charge on any atom is -0.320 e. The van der Waals surface area contributed by atoms with E-state index < -0.39 is 15.9 Å². The molecular weight excluding hydrogens is 370 g/mol. The zero-order valence-corrected chi connectivity index (χ0v) is 15.8. The van der Waals surface area contributed by atoms with E-state index in [1.807, 2.05) is 30.3 Å². The molecular formula is C18H17N3O3S2. The Hall–Kier alpha value is -2.55. The molecule has 0 aliphatic rings. The first kappa shape index (κ1) is 18.2. The van der Waals surface area contributed by atoms with Crippen LogP contribution in [0.2, 0.25) is 0 Å². The van der Waals surface area contributed by atoms with Gasteiger partial charge in [0.15, 0.2) is 0 Å². The second-order valence-electron chi connectivity index (χ2n) is 5.82. The number of carbonyl (C=O) groups is 1. The first-order valence-corrected chi connectivity index (χ1v) is 10.1. The van der Waals surface area contributed by atoms with Crippen molar-refractivity contribution in [3.63, 3.8) is 0 Å². The Bertz CT molecular complexity index is 1070. The van der Waals surface area contributed by atoms with Crippen molar-refractivity contribution in [2.75, 3.05) is 5.32 Å². The number of thiazole rings is 1. The van der Waals surface area contributed by atoms with Crippen LogP contribution >= 0.6 is 11.3 Å². The average Bonchev–Trinajstić information content (AvgIpc) is 3.09. The maximum atomic E-state index is 12.5. The molecule has 0 aliphatic heterocycles. The number of hydrogen-bond acceptors (Lipinski definition) is 5. The van der Waals surface area contributed by atoms with Crippen molar-refractivity contribution in [1.29, 1.82) is 0 Å². The fourth-order valence-electron chi connectivity index (χ4n) is 2.40. The summed E-state index contributed by atoms with van der Waals surface area (Å²) in [6, 6.07) is 12.4. The summed E-state index contributed by atoms with van der Waals surface area (Å²) in [5, 5.41) is 10.3. The standard InChI is InChI=1S/C18H17N3O3S2/c1-11-8-14(26(19,23)24)9-15(12(11)2)20-17(22)16-10-25-18(21-16)13-6-4-3-5-7-13/h3-10H,1-2H3,(H,20,22)(H2,19,23,24). The van der Waals surface area contributed by atoms with Gasteiger partial charge in [0.2, 0.25) is 10.0 Å². The third kappa shape index (κ3) is 3.82. The highest BCUT2D eigenvalue weighted by Gasteiger charge is 2.17. The number of benzene rings is 2. The number of nitrogens with zero attached hydrogens (tertiary/aromatic N) is 1. The maximum Gasteiger partial charge on any atom is 0.275 e. The van der Waals surface area contributed by atoms with E-state index in [0.29, 0.717) is 5.69 Å². The third-order valence-electron chi connectivity index (χ3n) is 3.98. The first-order valence-electron chi connectivity index (χ1n) is 7.72. The molecule has 0 unspecified atom stereocenters. The Balaban J connectivity index is 1.89. The van der Waals surface area contributed by atoms with Crippen molar-refractivity contribution in [3.05, 3.63) is 64.7 Å². The summed E-state index contributed by atoms with van der Waals surface area (Å²) in [4.78, 5) is 16.9. The molecule has 0 fully saturated rings. The molecule has 1 heterocycles. The monoisotopic (exact) mass is 387 g/mol. The molecule has 0 saturated carbocycles. The van der Waals surface area contributed by atoms with Crippen LogP contribution in [0.5, 0.6) is 0 Å². The number of nitrogens with one attached hydrogen (secondary N) is 1. The molecule has 3 rings (SSSR count). The lowest BCUT2D eigenvalue weighted by atomic mass is 10.1. The van der Waals surface area contributed by atoms with Gasteiger partial charge in [-0.25, -0.2) is 18.5 Å². The number of anilines is 1. The Morgan fingerprint density at radius 1 is 1.15 bits per heavy atom. The Morgan fingerprint density at radius 2 is 1.85 bits per heavy atom. The fourth-order valence-corrected chi connectivity index (χ4v) is 3.83. The molecule has 0 atom stereocenters. The molecule has 2 aromatic carbocycles. The smallest absolute Gasteiger partial charge is 0.275 e. The Labute approximate surface area is 155 Å². The van der Waals surface area contributed by atoms with E-state index >= 15 is 0 Å². The van der Waals surface area contributed by atoms with Gasteiger partial charge < -0.3 is 5.32 Å². The van der Waals surface area contributed by atoms with Gasteiger partial charge in [0, 0.05) is 16.6 Å². The van der Waals surface area contributed by atoms with Crippen LogP contribution in [0.25, 0.3) is 10.6 Å². The highest BCUT2D eigenvalue weighted by molar-refractivity contribution is 7.89. The van der Waals surface area contributed by atoms with Gasteiger partial charge in [-0.2, -0.15) is 0 Å². The van der Waals surface area contributed by atoms with E-state index in [0.717, 1.165) is 21.7 Å². The predicted molar refractivity (Wildman–Crippen MR) is 103 cm³/mol. The average molecular weight is 387 g/mol. The van der Waals surface area contributed by atoms with Gasteiger partial charge in [-0.3, -0.25) is 4.79 Å². The van der Waals surface area contributed by atoms with Crippen molar-refractivity contribution in [1.82, 2.24) is 4.98 Å². The topological polar surface area (TPSA) is 102 Å². The van der Waals surface area contributed by atoms with E-state index in [-0.39, 0.29) is 10.6 Å². The SMILES string of the molecule is Cc1cc(S(N)(=O)=O)cc(NC(=O)c2csc(-c3ccccc3)n2)c1C. The van der Waals surface area contributed by atoms with E-state index in [1.54, 1.807) is 19.2 Å². The van der Waals surface area contributed by atoms with Gasteiger partial charge in [-0.15, -0.1) is 11.3 Å². The van der Waals surface area contributed by atoms with Crippen molar-refractivity contribution in [2.45, 2.75) is 18.7 Å². The van der Waals surface area contributed by atoms with E-state index in [4.69, 9.17) is 5.14 Å². The predicted octanol–water partition coefficient (Wildman–Crippen LogP) is 3.33. The number of aryl methyl sites for hydroxylation is 1. The number of primary sulfonamides is 1. The molecule has 3 N–H and O–H groups in total. The number of rotatable bonds is 4. The van der Waals surface area contributed by atoms with Crippen molar-refractivity contribution < 1.29 is 13.2 Å². The quantitative estimate of drug-likeness (QED) is 0.717. The molecule has 8 heteroatoms. The summed E-state index contributed by atoms with van der Waals surface area (Å²) in [5.41, 5.74) is 3.08.